The van der Waals surface area contributed by atoms with E-state index in [1.807, 2.05) is 25.1 Å². The smallest absolute Gasteiger partial charge is 0.123 e. The molecule has 5 heteroatoms. The maximum Gasteiger partial charge on any atom is 0.123 e. The molecule has 2 rings (SSSR count). The maximum atomic E-state index is 10.5. The number of halogens is 1. The zero-order valence-corrected chi connectivity index (χ0v) is 12.1. The maximum absolute atomic E-state index is 10.5. The van der Waals surface area contributed by atoms with E-state index in [2.05, 4.69) is 33.2 Å². The first-order chi connectivity index (χ1) is 8.65. The van der Waals surface area contributed by atoms with Crippen LogP contribution in [0.15, 0.2) is 28.9 Å². The summed E-state index contributed by atoms with van der Waals surface area (Å²) in [4.78, 5) is 0. The molecule has 1 heterocycles. The summed E-state index contributed by atoms with van der Waals surface area (Å²) in [5.41, 5.74) is 2.65. The van der Waals surface area contributed by atoms with Gasteiger partial charge in [0.05, 0.1) is 11.9 Å². The van der Waals surface area contributed by atoms with Crippen LogP contribution in [0.25, 0.3) is 0 Å². The molecular formula is C13H16BrN3O. The summed E-state index contributed by atoms with van der Waals surface area (Å²) in [7, 11) is 0. The lowest BCUT2D eigenvalue weighted by molar-refractivity contribution is 0.206. The van der Waals surface area contributed by atoms with Crippen molar-refractivity contribution in [1.29, 1.82) is 0 Å². The molecule has 1 aromatic heterocycles. The van der Waals surface area contributed by atoms with Gasteiger partial charge in [-0.2, -0.15) is 0 Å². The van der Waals surface area contributed by atoms with Gasteiger partial charge in [-0.15, -0.1) is 5.10 Å². The second kappa shape index (κ2) is 5.63. The third-order valence-corrected chi connectivity index (χ3v) is 3.83. The summed E-state index contributed by atoms with van der Waals surface area (Å²) in [6.45, 7) is 4.82. The lowest BCUT2D eigenvalue weighted by Crippen LogP contribution is -2.11. The van der Waals surface area contributed by atoms with E-state index in [-0.39, 0.29) is 0 Å². The Morgan fingerprint density at radius 1 is 1.44 bits per heavy atom. The fraction of sp³-hybridized carbons (Fsp3) is 0.385. The van der Waals surface area contributed by atoms with Gasteiger partial charge >= 0.3 is 0 Å². The van der Waals surface area contributed by atoms with Gasteiger partial charge in [0.2, 0.25) is 0 Å². The predicted octanol–water partition coefficient (Wildman–Crippen LogP) is 2.84. The van der Waals surface area contributed by atoms with Crippen molar-refractivity contribution in [3.8, 4) is 0 Å². The Balaban J connectivity index is 2.38. The van der Waals surface area contributed by atoms with Crippen LogP contribution in [0, 0.1) is 6.92 Å². The van der Waals surface area contributed by atoms with Gasteiger partial charge in [-0.1, -0.05) is 40.2 Å². The minimum Gasteiger partial charge on any atom is -0.382 e. The molecule has 1 N–H and O–H groups in total. The van der Waals surface area contributed by atoms with Gasteiger partial charge in [-0.05, 0) is 30.5 Å². The largest absolute Gasteiger partial charge is 0.382 e. The van der Waals surface area contributed by atoms with Crippen molar-refractivity contribution in [1.82, 2.24) is 15.0 Å². The van der Waals surface area contributed by atoms with Gasteiger partial charge in [-0.25, -0.2) is 4.68 Å². The second-order valence-corrected chi connectivity index (χ2v) is 5.09. The first kappa shape index (κ1) is 13.2. The zero-order chi connectivity index (χ0) is 13.1. The highest BCUT2D eigenvalue weighted by molar-refractivity contribution is 9.10. The first-order valence-corrected chi connectivity index (χ1v) is 6.76. The Hall–Kier alpha value is -1.20. The number of aryl methyl sites for hydroxylation is 1. The second-order valence-electron chi connectivity index (χ2n) is 4.24. The van der Waals surface area contributed by atoms with E-state index in [0.717, 1.165) is 34.3 Å². The number of hydrogen-bond acceptors (Lipinski definition) is 3. The summed E-state index contributed by atoms with van der Waals surface area (Å²) in [5.74, 6) is 0. The van der Waals surface area contributed by atoms with Crippen molar-refractivity contribution in [3.05, 3.63) is 45.7 Å². The van der Waals surface area contributed by atoms with E-state index in [4.69, 9.17) is 0 Å². The molecular weight excluding hydrogens is 294 g/mol. The van der Waals surface area contributed by atoms with Gasteiger partial charge in [-0.3, -0.25) is 0 Å². The summed E-state index contributed by atoms with van der Waals surface area (Å²) in [5, 5.41) is 18.4. The van der Waals surface area contributed by atoms with E-state index < -0.39 is 6.10 Å². The number of hydrogen-bond donors (Lipinski definition) is 1. The molecule has 18 heavy (non-hydrogen) atoms. The molecule has 0 spiro atoms. The lowest BCUT2D eigenvalue weighted by Gasteiger charge is -2.15. The quantitative estimate of drug-likeness (QED) is 0.945. The summed E-state index contributed by atoms with van der Waals surface area (Å²) in [6, 6.07) is 5.81. The van der Waals surface area contributed by atoms with Gasteiger partial charge in [0.25, 0.3) is 0 Å². The van der Waals surface area contributed by atoms with Crippen LogP contribution in [0.4, 0.5) is 0 Å². The fourth-order valence-corrected chi connectivity index (χ4v) is 2.32. The number of aliphatic hydroxyl groups excluding tert-OH is 1. The van der Waals surface area contributed by atoms with E-state index >= 15 is 0 Å². The number of rotatable bonds is 4. The Kier molecular flexibility index (Phi) is 4.14. The van der Waals surface area contributed by atoms with Gasteiger partial charge < -0.3 is 5.11 Å². The molecule has 0 radical (unpaired) electrons. The van der Waals surface area contributed by atoms with E-state index in [0.29, 0.717) is 0 Å². The predicted molar refractivity (Wildman–Crippen MR) is 73.3 cm³/mol. The number of aromatic nitrogens is 3. The number of benzene rings is 1. The van der Waals surface area contributed by atoms with Crippen LogP contribution in [0.5, 0.6) is 0 Å². The van der Waals surface area contributed by atoms with Gasteiger partial charge in [0.15, 0.2) is 0 Å². The molecule has 0 aliphatic carbocycles. The first-order valence-electron chi connectivity index (χ1n) is 5.96. The average Bonchev–Trinajstić information content (AvgIpc) is 2.80. The van der Waals surface area contributed by atoms with Gasteiger partial charge in [0.1, 0.15) is 6.10 Å². The molecule has 0 fully saturated rings. The third kappa shape index (κ3) is 2.47. The van der Waals surface area contributed by atoms with Crippen LogP contribution in [-0.2, 0) is 6.54 Å². The zero-order valence-electron chi connectivity index (χ0n) is 10.5. The molecule has 96 valence electrons. The highest BCUT2D eigenvalue weighted by Crippen LogP contribution is 2.28. The highest BCUT2D eigenvalue weighted by Gasteiger charge is 2.18. The van der Waals surface area contributed by atoms with Crippen LogP contribution in [0.3, 0.4) is 0 Å². The van der Waals surface area contributed by atoms with Crippen molar-refractivity contribution in [2.24, 2.45) is 0 Å². The number of nitrogens with zero attached hydrogens (tertiary/aromatic N) is 3. The summed E-state index contributed by atoms with van der Waals surface area (Å²) in [6.07, 6.45) is 1.89. The minimum atomic E-state index is -0.691. The normalized spacial score (nSPS) is 12.7. The Morgan fingerprint density at radius 2 is 2.22 bits per heavy atom. The van der Waals surface area contributed by atoms with E-state index in [9.17, 15) is 5.11 Å². The Labute approximate surface area is 115 Å². The van der Waals surface area contributed by atoms with E-state index in [1.165, 1.54) is 0 Å². The standard InChI is InChI=1S/C13H16BrN3O/c1-3-7-17-12(8-15-16-17)13(18)10-5-4-6-11(14)9(10)2/h4-6,8,13,18H,3,7H2,1-2H3. The van der Waals surface area contributed by atoms with Crippen molar-refractivity contribution >= 4 is 15.9 Å². The molecule has 0 aliphatic rings. The molecule has 1 atom stereocenters. The van der Waals surface area contributed by atoms with Crippen LogP contribution < -0.4 is 0 Å². The SMILES string of the molecule is CCCn1nncc1C(O)c1cccc(Br)c1C. The molecule has 4 nitrogen and oxygen atoms in total. The lowest BCUT2D eigenvalue weighted by atomic mass is 10.0. The minimum absolute atomic E-state index is 0.691. The molecule has 1 aromatic carbocycles. The van der Waals surface area contributed by atoms with Crippen LogP contribution >= 0.6 is 15.9 Å². The monoisotopic (exact) mass is 309 g/mol. The molecule has 2 aromatic rings. The third-order valence-electron chi connectivity index (χ3n) is 2.97. The molecule has 0 saturated carbocycles. The fourth-order valence-electron chi connectivity index (χ4n) is 1.94. The molecule has 0 aliphatic heterocycles. The molecule has 1 unspecified atom stereocenters. The van der Waals surface area contributed by atoms with Crippen LogP contribution in [0.2, 0.25) is 0 Å². The summed E-state index contributed by atoms with van der Waals surface area (Å²) < 4.78 is 2.75. The Bertz CT molecular complexity index is 539. The van der Waals surface area contributed by atoms with Crippen molar-refractivity contribution in [2.75, 3.05) is 0 Å². The van der Waals surface area contributed by atoms with Gasteiger partial charge in [0, 0.05) is 11.0 Å². The van der Waals surface area contributed by atoms with Crippen LogP contribution in [-0.4, -0.2) is 20.1 Å². The molecule has 0 amide bonds. The van der Waals surface area contributed by atoms with Crippen molar-refractivity contribution < 1.29 is 5.11 Å². The van der Waals surface area contributed by atoms with Crippen LogP contribution in [0.1, 0.15) is 36.3 Å². The topological polar surface area (TPSA) is 50.9 Å². The van der Waals surface area contributed by atoms with Crippen molar-refractivity contribution in [2.45, 2.75) is 32.9 Å². The molecule has 0 saturated heterocycles. The number of aliphatic hydroxyl groups is 1. The highest BCUT2D eigenvalue weighted by atomic mass is 79.9. The van der Waals surface area contributed by atoms with Crippen molar-refractivity contribution in [3.63, 3.8) is 0 Å². The molecule has 0 bridgehead atoms. The van der Waals surface area contributed by atoms with E-state index in [1.54, 1.807) is 10.9 Å². The Morgan fingerprint density at radius 3 is 2.94 bits per heavy atom. The summed E-state index contributed by atoms with van der Waals surface area (Å²) >= 11 is 3.48. The average molecular weight is 310 g/mol.